The van der Waals surface area contributed by atoms with Gasteiger partial charge in [-0.2, -0.15) is 0 Å². The van der Waals surface area contributed by atoms with Crippen molar-refractivity contribution in [3.05, 3.63) is 57.9 Å². The van der Waals surface area contributed by atoms with Crippen LogP contribution in [0.4, 0.5) is 5.69 Å². The van der Waals surface area contributed by atoms with Gasteiger partial charge in [0, 0.05) is 16.8 Å². The second kappa shape index (κ2) is 7.30. The number of hydrogen-bond acceptors (Lipinski definition) is 5. The minimum absolute atomic E-state index is 0.247. The van der Waals surface area contributed by atoms with Gasteiger partial charge in [0.2, 0.25) is 0 Å². The molecule has 0 atom stereocenters. The van der Waals surface area contributed by atoms with Gasteiger partial charge >= 0.3 is 0 Å². The number of methoxy groups -OCH3 is 2. The van der Waals surface area contributed by atoms with Crippen LogP contribution in [0.2, 0.25) is 5.02 Å². The number of fused-ring (bicyclic) bond motifs is 2. The Kier molecular flexibility index (Phi) is 4.83. The molecule has 0 fully saturated rings. The maximum absolute atomic E-state index is 12.8. The van der Waals surface area contributed by atoms with Crippen LogP contribution in [0.5, 0.6) is 11.5 Å². The molecule has 7 heteroatoms. The quantitative estimate of drug-likeness (QED) is 0.468. The van der Waals surface area contributed by atoms with Crippen molar-refractivity contribution in [2.45, 2.75) is 6.92 Å². The third kappa shape index (κ3) is 3.37. The molecule has 142 valence electrons. The molecule has 1 amide bonds. The largest absolute Gasteiger partial charge is 0.495 e. The number of hydrogen-bond donors (Lipinski definition) is 1. The second-order valence-electron chi connectivity index (χ2n) is 6.33. The van der Waals surface area contributed by atoms with Crippen LogP contribution in [0.3, 0.4) is 0 Å². The fourth-order valence-electron chi connectivity index (χ4n) is 2.99. The summed E-state index contributed by atoms with van der Waals surface area (Å²) in [5.41, 5.74) is 2.55. The average Bonchev–Trinajstić information content (AvgIpc) is 3.09. The van der Waals surface area contributed by atoms with E-state index in [1.54, 1.807) is 12.1 Å². The lowest BCUT2D eigenvalue weighted by atomic mass is 10.1. The number of carbonyl (C=O) groups excluding carboxylic acids is 1. The van der Waals surface area contributed by atoms with Gasteiger partial charge in [-0.3, -0.25) is 4.79 Å². The van der Waals surface area contributed by atoms with Crippen LogP contribution < -0.4 is 14.8 Å². The number of thiophene rings is 1. The monoisotopic (exact) mass is 412 g/mol. The Balaban J connectivity index is 1.69. The molecule has 0 aliphatic carbocycles. The molecule has 1 N–H and O–H groups in total. The number of nitrogens with one attached hydrogen (secondary N) is 1. The molecule has 2 aromatic heterocycles. The van der Waals surface area contributed by atoms with Gasteiger partial charge in [-0.1, -0.05) is 23.7 Å². The number of rotatable bonds is 4. The molecule has 4 rings (SSSR count). The van der Waals surface area contributed by atoms with Gasteiger partial charge < -0.3 is 14.8 Å². The summed E-state index contributed by atoms with van der Waals surface area (Å²) >= 11 is 7.53. The van der Waals surface area contributed by atoms with E-state index in [2.05, 4.69) is 17.4 Å². The predicted octanol–water partition coefficient (Wildman–Crippen LogP) is 5.68. The number of nitrogens with zero attached hydrogens (tertiary/aromatic N) is 1. The first-order valence-corrected chi connectivity index (χ1v) is 9.72. The number of benzene rings is 2. The van der Waals surface area contributed by atoms with E-state index in [4.69, 9.17) is 26.1 Å². The van der Waals surface area contributed by atoms with Gasteiger partial charge in [-0.05, 0) is 36.8 Å². The molecule has 0 saturated carbocycles. The Morgan fingerprint density at radius 1 is 1.04 bits per heavy atom. The Hall–Kier alpha value is -2.83. The first-order chi connectivity index (χ1) is 13.5. The van der Waals surface area contributed by atoms with E-state index in [1.807, 2.05) is 25.1 Å². The zero-order chi connectivity index (χ0) is 19.8. The number of aromatic nitrogens is 1. The minimum Gasteiger partial charge on any atom is -0.495 e. The molecule has 0 bridgehead atoms. The normalized spacial score (nSPS) is 11.0. The molecule has 4 aromatic rings. The summed E-state index contributed by atoms with van der Waals surface area (Å²) in [4.78, 5) is 18.9. The molecule has 0 saturated heterocycles. The van der Waals surface area contributed by atoms with E-state index >= 15 is 0 Å². The smallest absolute Gasteiger partial charge is 0.265 e. The van der Waals surface area contributed by atoms with Crippen LogP contribution in [0.15, 0.2) is 42.5 Å². The number of ether oxygens (including phenoxy) is 2. The molecule has 28 heavy (non-hydrogen) atoms. The van der Waals surface area contributed by atoms with Crippen LogP contribution in [0.1, 0.15) is 15.2 Å². The lowest BCUT2D eigenvalue weighted by Crippen LogP contribution is -2.11. The molecular formula is C21H17ClN2O3S. The van der Waals surface area contributed by atoms with E-state index in [9.17, 15) is 4.79 Å². The third-order valence-electron chi connectivity index (χ3n) is 4.41. The highest BCUT2D eigenvalue weighted by Crippen LogP contribution is 2.36. The molecular weight excluding hydrogens is 396 g/mol. The molecule has 2 heterocycles. The topological polar surface area (TPSA) is 60.5 Å². The number of amides is 1. The molecule has 5 nitrogen and oxygen atoms in total. The number of carbonyl (C=O) groups is 1. The van der Waals surface area contributed by atoms with Gasteiger partial charge in [0.15, 0.2) is 0 Å². The van der Waals surface area contributed by atoms with E-state index in [-0.39, 0.29) is 5.91 Å². The van der Waals surface area contributed by atoms with Gasteiger partial charge in [0.25, 0.3) is 5.91 Å². The van der Waals surface area contributed by atoms with Crippen molar-refractivity contribution in [2.75, 3.05) is 19.5 Å². The third-order valence-corrected chi connectivity index (χ3v) is 5.74. The van der Waals surface area contributed by atoms with Crippen molar-refractivity contribution in [1.82, 2.24) is 4.98 Å². The van der Waals surface area contributed by atoms with Crippen LogP contribution in [0.25, 0.3) is 21.1 Å². The highest BCUT2D eigenvalue weighted by Gasteiger charge is 2.16. The Bertz CT molecular complexity index is 1220. The van der Waals surface area contributed by atoms with Crippen molar-refractivity contribution in [1.29, 1.82) is 0 Å². The van der Waals surface area contributed by atoms with Crippen LogP contribution >= 0.6 is 22.9 Å². The highest BCUT2D eigenvalue weighted by atomic mass is 35.5. The van der Waals surface area contributed by atoms with Crippen molar-refractivity contribution >= 4 is 55.7 Å². The summed E-state index contributed by atoms with van der Waals surface area (Å²) in [6, 6.07) is 13.3. The van der Waals surface area contributed by atoms with Crippen molar-refractivity contribution in [2.24, 2.45) is 0 Å². The Morgan fingerprint density at radius 2 is 1.82 bits per heavy atom. The fraction of sp³-hybridized carbons (Fsp3) is 0.143. The second-order valence-corrected chi connectivity index (χ2v) is 7.77. The molecule has 2 aromatic carbocycles. The Morgan fingerprint density at radius 3 is 2.57 bits per heavy atom. The average molecular weight is 413 g/mol. The first kappa shape index (κ1) is 18.5. The summed E-state index contributed by atoms with van der Waals surface area (Å²) < 4.78 is 10.5. The zero-order valence-electron chi connectivity index (χ0n) is 15.5. The molecule has 0 unspecified atom stereocenters. The molecule has 0 aliphatic heterocycles. The minimum atomic E-state index is -0.247. The van der Waals surface area contributed by atoms with Crippen LogP contribution in [-0.4, -0.2) is 25.1 Å². The van der Waals surface area contributed by atoms with Crippen molar-refractivity contribution < 1.29 is 14.3 Å². The molecule has 0 radical (unpaired) electrons. The van der Waals surface area contributed by atoms with E-state index in [0.29, 0.717) is 27.1 Å². The SMILES string of the molecule is COc1cc(OC)c(NC(=O)c2cc3cc4ccc(C)cc4nc3s2)cc1Cl. The van der Waals surface area contributed by atoms with E-state index in [0.717, 1.165) is 26.7 Å². The number of aryl methyl sites for hydroxylation is 1. The molecule has 0 spiro atoms. The lowest BCUT2D eigenvalue weighted by Gasteiger charge is -2.12. The predicted molar refractivity (Wildman–Crippen MR) is 114 cm³/mol. The van der Waals surface area contributed by atoms with E-state index < -0.39 is 0 Å². The van der Waals surface area contributed by atoms with Gasteiger partial charge in [0.05, 0.1) is 35.3 Å². The highest BCUT2D eigenvalue weighted by molar-refractivity contribution is 7.20. The summed E-state index contributed by atoms with van der Waals surface area (Å²) in [7, 11) is 3.05. The van der Waals surface area contributed by atoms with E-state index in [1.165, 1.54) is 25.6 Å². The van der Waals surface area contributed by atoms with Crippen LogP contribution in [-0.2, 0) is 0 Å². The van der Waals surface area contributed by atoms with Gasteiger partial charge in [0.1, 0.15) is 16.3 Å². The van der Waals surface area contributed by atoms with Crippen LogP contribution in [0, 0.1) is 6.92 Å². The summed E-state index contributed by atoms with van der Waals surface area (Å²) in [6.45, 7) is 2.03. The standard InChI is InChI=1S/C21H17ClN2O3S/c1-11-4-5-12-7-13-8-19(28-21(13)24-15(12)6-11)20(25)23-16-9-14(22)17(26-2)10-18(16)27-3/h4-10H,1-3H3,(H,23,25). The van der Waals surface area contributed by atoms with Gasteiger partial charge in [-0.15, -0.1) is 11.3 Å². The zero-order valence-corrected chi connectivity index (χ0v) is 17.1. The maximum Gasteiger partial charge on any atom is 0.265 e. The number of anilines is 1. The number of pyridine rings is 1. The summed E-state index contributed by atoms with van der Waals surface area (Å²) in [6.07, 6.45) is 0. The Labute approximate surface area is 170 Å². The lowest BCUT2D eigenvalue weighted by molar-refractivity contribution is 0.103. The molecule has 0 aliphatic rings. The summed E-state index contributed by atoms with van der Waals surface area (Å²) in [5.74, 6) is 0.697. The first-order valence-electron chi connectivity index (χ1n) is 8.52. The fourth-order valence-corrected chi connectivity index (χ4v) is 4.15. The van der Waals surface area contributed by atoms with Crippen molar-refractivity contribution in [3.8, 4) is 11.5 Å². The summed E-state index contributed by atoms with van der Waals surface area (Å²) in [5, 5.41) is 5.23. The maximum atomic E-state index is 12.8. The number of halogens is 1. The van der Waals surface area contributed by atoms with Crippen molar-refractivity contribution in [3.63, 3.8) is 0 Å². The van der Waals surface area contributed by atoms with Gasteiger partial charge in [-0.25, -0.2) is 4.98 Å².